The highest BCUT2D eigenvalue weighted by molar-refractivity contribution is 7.89. The highest BCUT2D eigenvalue weighted by Gasteiger charge is 2.47. The van der Waals surface area contributed by atoms with Gasteiger partial charge in [-0.25, -0.2) is 22.2 Å². The molecule has 1 aliphatic carbocycles. The van der Waals surface area contributed by atoms with E-state index in [0.717, 1.165) is 0 Å². The molecule has 1 saturated heterocycles. The monoisotopic (exact) mass is 563 g/mol. The van der Waals surface area contributed by atoms with E-state index in [-0.39, 0.29) is 41.7 Å². The van der Waals surface area contributed by atoms with E-state index in [9.17, 15) is 35.6 Å². The van der Waals surface area contributed by atoms with Crippen LogP contribution in [0, 0.1) is 11.3 Å². The zero-order valence-electron chi connectivity index (χ0n) is 18.7. The minimum Gasteiger partial charge on any atom is -0.370 e. The molecule has 5 rings (SSSR count). The Balaban J connectivity index is 1.56. The summed E-state index contributed by atoms with van der Waals surface area (Å²) in [5.74, 6) is 0.0643. The molecule has 3 aromatic heterocycles. The minimum absolute atomic E-state index is 0.0248. The molecule has 1 aliphatic heterocycles. The second kappa shape index (κ2) is 9.11. The van der Waals surface area contributed by atoms with Crippen LogP contribution in [0.4, 0.5) is 27.6 Å². The van der Waals surface area contributed by atoms with E-state index in [1.807, 2.05) is 6.07 Å². The van der Waals surface area contributed by atoms with Crippen LogP contribution < -0.4 is 9.62 Å². The molecule has 198 valence electrons. The summed E-state index contributed by atoms with van der Waals surface area (Å²) in [5.41, 5.74) is -0.462. The van der Waals surface area contributed by atoms with Crippen molar-refractivity contribution < 1.29 is 35.1 Å². The second-order valence-electron chi connectivity index (χ2n) is 8.69. The highest BCUT2D eigenvalue weighted by Crippen LogP contribution is 2.38. The Morgan fingerprint density at radius 2 is 1.95 bits per heavy atom. The van der Waals surface area contributed by atoms with Crippen LogP contribution in [0.1, 0.15) is 37.1 Å². The Labute approximate surface area is 210 Å². The summed E-state index contributed by atoms with van der Waals surface area (Å²) in [5, 5.41) is 16.0. The van der Waals surface area contributed by atoms with Crippen molar-refractivity contribution in [2.75, 3.05) is 18.0 Å². The fourth-order valence-corrected chi connectivity index (χ4v) is 6.19. The molecule has 1 N–H and O–H groups in total. The number of nitrogens with one attached hydrogen (secondary N) is 1. The standard InChI is InChI=1S/C20H18F5N7O3S2/c21-15(22)17-28-29-18(36-17)16-27-8-14-13(31-5-1-11(2-6-31)35-20(23,24)25)7-12(9-32(14)16)37(33,34)30-19(10-26)3-4-19/h7-9,11,15,30H,1-6H2. The number of ether oxygens (including phenoxy) is 1. The number of imidazole rings is 1. The number of aromatic nitrogens is 4. The fraction of sp³-hybridized carbons (Fsp3) is 0.500. The van der Waals surface area contributed by atoms with Crippen molar-refractivity contribution in [3.8, 4) is 16.9 Å². The van der Waals surface area contributed by atoms with Gasteiger partial charge >= 0.3 is 6.36 Å². The van der Waals surface area contributed by atoms with Gasteiger partial charge in [-0.1, -0.05) is 11.3 Å². The molecule has 0 spiro atoms. The Morgan fingerprint density at radius 1 is 1.24 bits per heavy atom. The number of anilines is 1. The lowest BCUT2D eigenvalue weighted by molar-refractivity contribution is -0.344. The van der Waals surface area contributed by atoms with Crippen LogP contribution in [-0.4, -0.2) is 59.1 Å². The van der Waals surface area contributed by atoms with Crippen LogP contribution in [0.2, 0.25) is 0 Å². The van der Waals surface area contributed by atoms with E-state index >= 15 is 0 Å². The lowest BCUT2D eigenvalue weighted by atomic mass is 10.1. The third kappa shape index (κ3) is 5.23. The average Bonchev–Trinajstić information content (AvgIpc) is 3.22. The first-order valence-corrected chi connectivity index (χ1v) is 13.3. The first-order chi connectivity index (χ1) is 17.4. The zero-order valence-corrected chi connectivity index (χ0v) is 20.4. The van der Waals surface area contributed by atoms with Gasteiger partial charge in [0.15, 0.2) is 15.8 Å². The van der Waals surface area contributed by atoms with Crippen LogP contribution >= 0.6 is 11.3 Å². The summed E-state index contributed by atoms with van der Waals surface area (Å²) in [6.07, 6.45) is -5.26. The van der Waals surface area contributed by atoms with Crippen molar-refractivity contribution in [1.29, 1.82) is 5.26 Å². The van der Waals surface area contributed by atoms with Gasteiger partial charge in [0, 0.05) is 19.3 Å². The van der Waals surface area contributed by atoms with Crippen molar-refractivity contribution in [2.45, 2.75) is 55.0 Å². The van der Waals surface area contributed by atoms with Gasteiger partial charge in [0.2, 0.25) is 10.0 Å². The Hall–Kier alpha value is -2.94. The maximum absolute atomic E-state index is 13.2. The number of alkyl halides is 5. The van der Waals surface area contributed by atoms with Crippen molar-refractivity contribution >= 4 is 32.6 Å². The summed E-state index contributed by atoms with van der Waals surface area (Å²) in [6.45, 7) is 0.259. The van der Waals surface area contributed by atoms with Gasteiger partial charge in [-0.2, -0.15) is 9.98 Å². The third-order valence-electron chi connectivity index (χ3n) is 6.10. The number of piperidine rings is 1. The molecule has 17 heteroatoms. The molecule has 2 aliphatic rings. The minimum atomic E-state index is -4.77. The third-order valence-corrected chi connectivity index (χ3v) is 8.53. The molecule has 0 unspecified atom stereocenters. The van der Waals surface area contributed by atoms with E-state index in [1.165, 1.54) is 22.9 Å². The molecule has 0 radical (unpaired) electrons. The van der Waals surface area contributed by atoms with E-state index < -0.39 is 39.5 Å². The first kappa shape index (κ1) is 25.7. The molecule has 37 heavy (non-hydrogen) atoms. The quantitative estimate of drug-likeness (QED) is 0.432. The van der Waals surface area contributed by atoms with Crippen LogP contribution in [0.25, 0.3) is 16.3 Å². The van der Waals surface area contributed by atoms with Crippen molar-refractivity contribution in [1.82, 2.24) is 24.3 Å². The molecular formula is C20H18F5N7O3S2. The lowest BCUT2D eigenvalue weighted by Crippen LogP contribution is -2.39. The Bertz CT molecular complexity index is 1470. The molecule has 2 fully saturated rings. The average molecular weight is 564 g/mol. The van der Waals surface area contributed by atoms with Crippen molar-refractivity contribution in [3.05, 3.63) is 23.5 Å². The molecule has 10 nitrogen and oxygen atoms in total. The molecule has 1 saturated carbocycles. The van der Waals surface area contributed by atoms with Crippen LogP contribution in [-0.2, 0) is 14.8 Å². The number of rotatable bonds is 7. The normalized spacial score (nSPS) is 18.5. The number of nitriles is 1. The number of pyridine rings is 1. The topological polar surface area (TPSA) is 126 Å². The number of nitrogens with zero attached hydrogens (tertiary/aromatic N) is 6. The van der Waals surface area contributed by atoms with Gasteiger partial charge in [-0.15, -0.1) is 23.4 Å². The van der Waals surface area contributed by atoms with Crippen LogP contribution in [0.3, 0.4) is 0 Å². The summed E-state index contributed by atoms with van der Waals surface area (Å²) in [7, 11) is -4.21. The van der Waals surface area contributed by atoms with Gasteiger partial charge in [-0.05, 0) is 31.7 Å². The lowest BCUT2D eigenvalue weighted by Gasteiger charge is -2.34. The van der Waals surface area contributed by atoms with Gasteiger partial charge in [0.05, 0.1) is 29.6 Å². The Kier molecular flexibility index (Phi) is 6.33. The number of hydrogen-bond donors (Lipinski definition) is 1. The number of halogens is 5. The number of fused-ring (bicyclic) bond motifs is 1. The summed E-state index contributed by atoms with van der Waals surface area (Å²) < 4.78 is 98.4. The summed E-state index contributed by atoms with van der Waals surface area (Å²) in [6, 6.07) is 3.30. The molecule has 3 aromatic rings. The first-order valence-electron chi connectivity index (χ1n) is 11.0. The second-order valence-corrected chi connectivity index (χ2v) is 11.4. The smallest absolute Gasteiger partial charge is 0.370 e. The largest absolute Gasteiger partial charge is 0.522 e. The molecule has 0 bridgehead atoms. The number of sulfonamides is 1. The molecule has 4 heterocycles. The van der Waals surface area contributed by atoms with E-state index in [4.69, 9.17) is 0 Å². The highest BCUT2D eigenvalue weighted by atomic mass is 32.2. The molecular weight excluding hydrogens is 545 g/mol. The van der Waals surface area contributed by atoms with Crippen LogP contribution in [0.15, 0.2) is 23.4 Å². The summed E-state index contributed by atoms with van der Waals surface area (Å²) >= 11 is 0.597. The van der Waals surface area contributed by atoms with Crippen molar-refractivity contribution in [3.63, 3.8) is 0 Å². The molecule has 0 aromatic carbocycles. The van der Waals surface area contributed by atoms with Crippen molar-refractivity contribution in [2.24, 2.45) is 0 Å². The maximum Gasteiger partial charge on any atom is 0.522 e. The maximum atomic E-state index is 13.2. The van der Waals surface area contributed by atoms with E-state index in [2.05, 4.69) is 24.6 Å². The molecule has 0 atom stereocenters. The van der Waals surface area contributed by atoms with E-state index in [0.29, 0.717) is 35.4 Å². The Morgan fingerprint density at radius 3 is 2.51 bits per heavy atom. The van der Waals surface area contributed by atoms with Gasteiger partial charge in [0.1, 0.15) is 10.4 Å². The predicted molar refractivity (Wildman–Crippen MR) is 119 cm³/mol. The van der Waals surface area contributed by atoms with E-state index in [1.54, 1.807) is 4.90 Å². The van der Waals surface area contributed by atoms with Crippen LogP contribution in [0.5, 0.6) is 0 Å². The van der Waals surface area contributed by atoms with Gasteiger partial charge < -0.3 is 4.90 Å². The SMILES string of the molecule is N#CC1(NS(=O)(=O)c2cc(N3CCC(OC(F)(F)F)CC3)c3cnc(-c4nnc(C(F)F)s4)n3c2)CC1. The number of hydrogen-bond acceptors (Lipinski definition) is 9. The fourth-order valence-electron chi connectivity index (χ4n) is 4.11. The predicted octanol–water partition coefficient (Wildman–Crippen LogP) is 3.63. The zero-order chi connectivity index (χ0) is 26.6. The van der Waals surface area contributed by atoms with Gasteiger partial charge in [0.25, 0.3) is 6.43 Å². The summed E-state index contributed by atoms with van der Waals surface area (Å²) in [4.78, 5) is 5.71. The molecule has 0 amide bonds. The van der Waals surface area contributed by atoms with Gasteiger partial charge in [-0.3, -0.25) is 9.14 Å².